The van der Waals surface area contributed by atoms with Crippen LogP contribution >= 0.6 is 15.9 Å². The first-order chi connectivity index (χ1) is 9.84. The van der Waals surface area contributed by atoms with Crippen molar-refractivity contribution in [2.24, 2.45) is 5.92 Å². The van der Waals surface area contributed by atoms with Crippen LogP contribution in [0.2, 0.25) is 0 Å². The largest absolute Gasteiger partial charge is 0.0836 e. The Balaban J connectivity index is 1.80. The van der Waals surface area contributed by atoms with Crippen LogP contribution in [0.1, 0.15) is 53.6 Å². The van der Waals surface area contributed by atoms with Gasteiger partial charge in [0, 0.05) is 4.83 Å². The maximum atomic E-state index is 4.04. The van der Waals surface area contributed by atoms with Crippen LogP contribution in [0.5, 0.6) is 0 Å². The molecule has 20 heavy (non-hydrogen) atoms. The van der Waals surface area contributed by atoms with Crippen LogP contribution in [0.4, 0.5) is 0 Å². The summed E-state index contributed by atoms with van der Waals surface area (Å²) in [6.07, 6.45) is 9.48. The van der Waals surface area contributed by atoms with Crippen molar-refractivity contribution in [2.75, 3.05) is 0 Å². The van der Waals surface area contributed by atoms with E-state index in [1.165, 1.54) is 55.9 Å². The van der Waals surface area contributed by atoms with Gasteiger partial charge in [0.05, 0.1) is 0 Å². The molecule has 1 heteroatoms. The number of hydrogen-bond donors (Lipinski definition) is 0. The van der Waals surface area contributed by atoms with E-state index in [-0.39, 0.29) is 0 Å². The lowest BCUT2D eigenvalue weighted by atomic mass is 9.83. The van der Waals surface area contributed by atoms with Crippen LogP contribution < -0.4 is 0 Å². The zero-order valence-electron chi connectivity index (χ0n) is 11.9. The summed E-state index contributed by atoms with van der Waals surface area (Å²) in [4.78, 5) is 0.535. The van der Waals surface area contributed by atoms with Gasteiger partial charge in [-0.15, -0.1) is 0 Å². The second kappa shape index (κ2) is 5.18. The second-order valence-electron chi connectivity index (χ2n) is 6.45. The average Bonchev–Trinajstić information content (AvgIpc) is 2.93. The van der Waals surface area contributed by atoms with E-state index >= 15 is 0 Å². The first-order valence-corrected chi connectivity index (χ1v) is 8.93. The van der Waals surface area contributed by atoms with Crippen molar-refractivity contribution in [3.05, 3.63) is 47.0 Å². The molecule has 0 bridgehead atoms. The summed E-state index contributed by atoms with van der Waals surface area (Å²) in [7, 11) is 0. The Morgan fingerprint density at radius 3 is 2.45 bits per heavy atom. The highest BCUT2D eigenvalue weighted by Gasteiger charge is 2.25. The minimum atomic E-state index is 0.535. The van der Waals surface area contributed by atoms with Crippen molar-refractivity contribution in [3.8, 4) is 0 Å². The van der Waals surface area contributed by atoms with Gasteiger partial charge in [0.2, 0.25) is 0 Å². The van der Waals surface area contributed by atoms with Crippen molar-refractivity contribution in [1.82, 2.24) is 0 Å². The molecule has 1 fully saturated rings. The summed E-state index contributed by atoms with van der Waals surface area (Å²) >= 11 is 4.04. The van der Waals surface area contributed by atoms with E-state index in [4.69, 9.17) is 0 Å². The monoisotopic (exact) mass is 328 g/mol. The maximum Gasteiger partial charge on any atom is 0.0429 e. The molecule has 2 aliphatic carbocycles. The third-order valence-electron chi connectivity index (χ3n) is 5.27. The van der Waals surface area contributed by atoms with E-state index < -0.39 is 0 Å². The highest BCUT2D eigenvalue weighted by molar-refractivity contribution is 9.09. The summed E-state index contributed by atoms with van der Waals surface area (Å²) in [5, 5.41) is 3.07. The van der Waals surface area contributed by atoms with Crippen molar-refractivity contribution in [2.45, 2.75) is 49.8 Å². The van der Waals surface area contributed by atoms with E-state index in [2.05, 4.69) is 46.3 Å². The molecule has 0 aromatic heterocycles. The molecule has 1 saturated carbocycles. The minimum Gasteiger partial charge on any atom is -0.0836 e. The van der Waals surface area contributed by atoms with Crippen LogP contribution in [0.3, 0.4) is 0 Å². The molecule has 0 heterocycles. The number of aryl methyl sites for hydroxylation is 2. The van der Waals surface area contributed by atoms with Gasteiger partial charge in [-0.2, -0.15) is 0 Å². The summed E-state index contributed by atoms with van der Waals surface area (Å²) < 4.78 is 0. The molecule has 0 aliphatic heterocycles. The van der Waals surface area contributed by atoms with Crippen molar-refractivity contribution < 1.29 is 0 Å². The maximum absolute atomic E-state index is 4.04. The Kier molecular flexibility index (Phi) is 3.34. The average molecular weight is 329 g/mol. The number of benzene rings is 2. The Hall–Kier alpha value is -0.820. The van der Waals surface area contributed by atoms with Crippen LogP contribution in [0.25, 0.3) is 10.8 Å². The predicted octanol–water partition coefficient (Wildman–Crippen LogP) is 5.95. The van der Waals surface area contributed by atoms with E-state index in [1.54, 1.807) is 16.5 Å². The molecule has 0 radical (unpaired) electrons. The molecule has 0 spiro atoms. The zero-order valence-corrected chi connectivity index (χ0v) is 13.5. The molecule has 0 nitrogen and oxygen atoms in total. The Labute approximate surface area is 129 Å². The topological polar surface area (TPSA) is 0 Å². The highest BCUT2D eigenvalue weighted by Crippen LogP contribution is 2.44. The van der Waals surface area contributed by atoms with E-state index in [0.29, 0.717) is 4.83 Å². The molecule has 1 atom stereocenters. The lowest BCUT2D eigenvalue weighted by molar-refractivity contribution is 0.355. The molecule has 1 unspecified atom stereocenters. The van der Waals surface area contributed by atoms with Crippen LogP contribution in [-0.4, -0.2) is 0 Å². The smallest absolute Gasteiger partial charge is 0.0429 e. The van der Waals surface area contributed by atoms with Gasteiger partial charge in [0.1, 0.15) is 0 Å². The molecule has 2 aliphatic rings. The van der Waals surface area contributed by atoms with Gasteiger partial charge in [0.25, 0.3) is 0 Å². The molecule has 0 saturated heterocycles. The van der Waals surface area contributed by atoms with Crippen LogP contribution in [0.15, 0.2) is 30.3 Å². The number of halogens is 1. The highest BCUT2D eigenvalue weighted by atomic mass is 79.9. The fraction of sp³-hybridized carbons (Fsp3) is 0.474. The lowest BCUT2D eigenvalue weighted by Crippen LogP contribution is -2.12. The second-order valence-corrected chi connectivity index (χ2v) is 7.44. The number of alkyl halides is 1. The molecule has 2 aromatic rings. The Bertz CT molecular complexity index is 627. The quantitative estimate of drug-likeness (QED) is 0.597. The fourth-order valence-corrected chi connectivity index (χ4v) is 5.12. The first-order valence-electron chi connectivity index (χ1n) is 8.02. The van der Waals surface area contributed by atoms with E-state index in [1.807, 2.05) is 0 Å². The van der Waals surface area contributed by atoms with Gasteiger partial charge in [-0.05, 0) is 59.1 Å². The minimum absolute atomic E-state index is 0.535. The molecule has 0 N–H and O–H groups in total. The van der Waals surface area contributed by atoms with Crippen molar-refractivity contribution >= 4 is 26.7 Å². The summed E-state index contributed by atoms with van der Waals surface area (Å²) in [6.45, 7) is 0. The summed E-state index contributed by atoms with van der Waals surface area (Å²) in [5.41, 5.74) is 4.64. The van der Waals surface area contributed by atoms with Gasteiger partial charge in [-0.3, -0.25) is 0 Å². The molecule has 104 valence electrons. The normalized spacial score (nSPS) is 20.4. The van der Waals surface area contributed by atoms with E-state index in [0.717, 1.165) is 5.92 Å². The Morgan fingerprint density at radius 1 is 0.900 bits per heavy atom. The van der Waals surface area contributed by atoms with Gasteiger partial charge in [-0.1, -0.05) is 65.5 Å². The lowest BCUT2D eigenvalue weighted by Gasteiger charge is -2.27. The fourth-order valence-electron chi connectivity index (χ4n) is 4.19. The van der Waals surface area contributed by atoms with Crippen LogP contribution in [-0.2, 0) is 12.8 Å². The van der Waals surface area contributed by atoms with Crippen LogP contribution in [0, 0.1) is 5.92 Å². The molecular weight excluding hydrogens is 308 g/mol. The van der Waals surface area contributed by atoms with Crippen molar-refractivity contribution in [3.63, 3.8) is 0 Å². The van der Waals surface area contributed by atoms with Gasteiger partial charge < -0.3 is 0 Å². The number of hydrogen-bond acceptors (Lipinski definition) is 0. The zero-order chi connectivity index (χ0) is 13.5. The van der Waals surface area contributed by atoms with Gasteiger partial charge in [0.15, 0.2) is 0 Å². The summed E-state index contributed by atoms with van der Waals surface area (Å²) in [5.74, 6) is 0.821. The SMILES string of the molecule is BrC(c1ccc2c3c(cccc13)CC2)C1CCCCC1. The van der Waals surface area contributed by atoms with E-state index in [9.17, 15) is 0 Å². The first kappa shape index (κ1) is 12.9. The van der Waals surface area contributed by atoms with Crippen molar-refractivity contribution in [1.29, 1.82) is 0 Å². The Morgan fingerprint density at radius 2 is 1.65 bits per heavy atom. The number of rotatable bonds is 2. The molecular formula is C19H21Br. The third-order valence-corrected chi connectivity index (χ3v) is 6.51. The van der Waals surface area contributed by atoms with Gasteiger partial charge >= 0.3 is 0 Å². The summed E-state index contributed by atoms with van der Waals surface area (Å²) in [6, 6.07) is 11.7. The molecule has 2 aromatic carbocycles. The molecule has 0 amide bonds. The predicted molar refractivity (Wildman–Crippen MR) is 89.6 cm³/mol. The third kappa shape index (κ3) is 2.02. The van der Waals surface area contributed by atoms with Gasteiger partial charge in [-0.25, -0.2) is 0 Å². The standard InChI is InChI=1S/C19H21Br/c20-19(15-5-2-1-3-6-15)17-12-11-14-10-9-13-7-4-8-16(17)18(13)14/h4,7-8,11-12,15,19H,1-3,5-6,9-10H2. The molecule has 4 rings (SSSR count).